The molecule has 0 spiro atoms. The lowest BCUT2D eigenvalue weighted by atomic mass is 9.85. The van der Waals surface area contributed by atoms with E-state index in [1.165, 1.54) is 16.4 Å². The molecule has 9 heteroatoms. The summed E-state index contributed by atoms with van der Waals surface area (Å²) in [5.74, 6) is -0.247. The molecule has 3 aromatic rings. The molecule has 42 heavy (non-hydrogen) atoms. The van der Waals surface area contributed by atoms with E-state index in [0.717, 1.165) is 11.1 Å². The van der Waals surface area contributed by atoms with Crippen LogP contribution >= 0.6 is 0 Å². The molecule has 0 saturated heterocycles. The molecule has 3 rings (SSSR count). The molecule has 6 N–H and O–H groups in total. The first-order valence-electron chi connectivity index (χ1n) is 14.7. The van der Waals surface area contributed by atoms with Crippen LogP contribution < -0.4 is 16.8 Å². The van der Waals surface area contributed by atoms with Crippen molar-refractivity contribution < 1.29 is 18.3 Å². The zero-order valence-corrected chi connectivity index (χ0v) is 25.7. The lowest BCUT2D eigenvalue weighted by molar-refractivity contribution is -0.122. The van der Waals surface area contributed by atoms with Gasteiger partial charge in [0.05, 0.1) is 23.1 Å². The van der Waals surface area contributed by atoms with Crippen LogP contribution in [0.25, 0.3) is 0 Å². The van der Waals surface area contributed by atoms with Crippen LogP contribution in [0.4, 0.5) is 5.69 Å². The van der Waals surface area contributed by atoms with E-state index in [1.54, 1.807) is 19.1 Å². The molecule has 2 unspecified atom stereocenters. The molecular weight excluding hydrogens is 548 g/mol. The lowest BCUT2D eigenvalue weighted by Gasteiger charge is -2.33. The van der Waals surface area contributed by atoms with E-state index in [4.69, 9.17) is 11.5 Å². The van der Waals surface area contributed by atoms with Crippen molar-refractivity contribution in [2.24, 2.45) is 11.7 Å². The first kappa shape index (κ1) is 33.3. The minimum atomic E-state index is -3.86. The first-order valence-corrected chi connectivity index (χ1v) is 16.1. The molecule has 0 aromatic heterocycles. The van der Waals surface area contributed by atoms with Gasteiger partial charge in [0, 0.05) is 24.7 Å². The normalized spacial score (nSPS) is 14.2. The summed E-state index contributed by atoms with van der Waals surface area (Å²) < 4.78 is 28.7. The number of hydrogen-bond donors (Lipinski definition) is 4. The van der Waals surface area contributed by atoms with Gasteiger partial charge in [-0.15, -0.1) is 0 Å². The van der Waals surface area contributed by atoms with E-state index >= 15 is 0 Å². The van der Waals surface area contributed by atoms with Crippen molar-refractivity contribution in [1.29, 1.82) is 0 Å². The summed E-state index contributed by atoms with van der Waals surface area (Å²) in [6.07, 6.45) is 1.46. The predicted octanol–water partition coefficient (Wildman–Crippen LogP) is 4.50. The van der Waals surface area contributed by atoms with Crippen LogP contribution in [-0.2, 0) is 14.8 Å². The molecule has 0 radical (unpaired) electrons. The van der Waals surface area contributed by atoms with E-state index in [1.807, 2.05) is 74.5 Å². The molecule has 0 fully saturated rings. The third kappa shape index (κ3) is 9.13. The molecule has 0 bridgehead atoms. The van der Waals surface area contributed by atoms with Crippen LogP contribution in [-0.4, -0.2) is 55.0 Å². The quantitative estimate of drug-likeness (QED) is 0.142. The fourth-order valence-electron chi connectivity index (χ4n) is 5.14. The van der Waals surface area contributed by atoms with Gasteiger partial charge >= 0.3 is 0 Å². The number of nitrogen functional groups attached to an aromatic ring is 1. The second kappa shape index (κ2) is 15.8. The first-order chi connectivity index (χ1) is 20.0. The zero-order valence-electron chi connectivity index (χ0n) is 24.9. The molecule has 1 amide bonds. The molecule has 0 heterocycles. The van der Waals surface area contributed by atoms with Gasteiger partial charge in [-0.25, -0.2) is 8.42 Å². The van der Waals surface area contributed by atoms with Gasteiger partial charge in [0.15, 0.2) is 0 Å². The van der Waals surface area contributed by atoms with Crippen LogP contribution in [0.15, 0.2) is 89.8 Å². The highest BCUT2D eigenvalue weighted by atomic mass is 32.2. The summed E-state index contributed by atoms with van der Waals surface area (Å²) in [6.45, 7) is 6.40. The van der Waals surface area contributed by atoms with Crippen molar-refractivity contribution in [3.63, 3.8) is 0 Å². The number of anilines is 1. The maximum absolute atomic E-state index is 13.7. The number of nitrogens with two attached hydrogens (primary N) is 2. The van der Waals surface area contributed by atoms with Crippen molar-refractivity contribution in [3.05, 3.63) is 96.1 Å². The second-order valence-corrected chi connectivity index (χ2v) is 13.2. The highest BCUT2D eigenvalue weighted by Crippen LogP contribution is 2.28. The molecule has 0 aliphatic rings. The largest absolute Gasteiger partial charge is 0.399 e. The number of benzene rings is 3. The number of unbranched alkanes of at least 4 members (excludes halogenated alkanes) is 1. The highest BCUT2D eigenvalue weighted by Gasteiger charge is 2.34. The Morgan fingerprint density at radius 3 is 1.90 bits per heavy atom. The standard InChI is InChI=1S/C33H46N4O4S/c1-24(2)21-23-37(42(40,41)29-19-17-28(34)18-20-29)30(25(3)38)16-10-11-22-36-33(39)32(35)31(26-12-6-4-7-13-26)27-14-8-5-9-15-27/h4-9,12-15,17-20,24-25,30-32,38H,10-11,16,21-23,34-35H2,1-3H3,(H,36,39)/t25?,30?,32-/m0/s1. The molecule has 8 nitrogen and oxygen atoms in total. The van der Waals surface area contributed by atoms with E-state index in [0.29, 0.717) is 50.4 Å². The summed E-state index contributed by atoms with van der Waals surface area (Å²) in [4.78, 5) is 13.3. The number of carbonyl (C=O) groups is 1. The lowest BCUT2D eigenvalue weighted by Crippen LogP contribution is -2.47. The third-order valence-corrected chi connectivity index (χ3v) is 9.48. The molecule has 228 valence electrons. The number of sulfonamides is 1. The van der Waals surface area contributed by atoms with Gasteiger partial charge in [-0.1, -0.05) is 80.9 Å². The van der Waals surface area contributed by atoms with Crippen LogP contribution in [0.1, 0.15) is 63.5 Å². The number of carbonyl (C=O) groups excluding carboxylic acids is 1. The fourth-order valence-corrected chi connectivity index (χ4v) is 6.87. The Morgan fingerprint density at radius 2 is 1.40 bits per heavy atom. The SMILES string of the molecule is CC(C)CCN(C(CCCCNC(=O)[C@@H](N)C(c1ccccc1)c1ccccc1)C(C)O)S(=O)(=O)c1ccc(N)cc1. The molecule has 0 aliphatic carbocycles. The van der Waals surface area contributed by atoms with Crippen molar-refractivity contribution in [2.75, 3.05) is 18.8 Å². The average Bonchev–Trinajstić information content (AvgIpc) is 2.97. The Morgan fingerprint density at radius 1 is 0.857 bits per heavy atom. The number of amides is 1. The molecule has 3 aromatic carbocycles. The monoisotopic (exact) mass is 594 g/mol. The summed E-state index contributed by atoms with van der Waals surface area (Å²) in [5, 5.41) is 13.7. The Balaban J connectivity index is 1.64. The van der Waals surface area contributed by atoms with E-state index < -0.39 is 28.2 Å². The summed E-state index contributed by atoms with van der Waals surface area (Å²) in [7, 11) is -3.86. The van der Waals surface area contributed by atoms with Gasteiger partial charge in [-0.3, -0.25) is 4.79 Å². The summed E-state index contributed by atoms with van der Waals surface area (Å²) >= 11 is 0. The second-order valence-electron chi connectivity index (χ2n) is 11.3. The van der Waals surface area contributed by atoms with Gasteiger partial charge in [0.25, 0.3) is 0 Å². The minimum absolute atomic E-state index is 0.152. The topological polar surface area (TPSA) is 139 Å². The zero-order chi connectivity index (χ0) is 30.7. The Labute approximate surface area is 251 Å². The minimum Gasteiger partial charge on any atom is -0.399 e. The number of nitrogens with zero attached hydrogens (tertiary/aromatic N) is 1. The average molecular weight is 595 g/mol. The predicted molar refractivity (Wildman–Crippen MR) is 169 cm³/mol. The number of aliphatic hydroxyl groups is 1. The van der Waals surface area contributed by atoms with Crippen LogP contribution in [0.3, 0.4) is 0 Å². The summed E-state index contributed by atoms with van der Waals surface area (Å²) in [5.41, 5.74) is 14.7. The molecule has 3 atom stereocenters. The molecular formula is C33H46N4O4S. The number of aliphatic hydroxyl groups excluding tert-OH is 1. The van der Waals surface area contributed by atoms with Gasteiger partial charge < -0.3 is 21.9 Å². The number of rotatable bonds is 16. The number of hydrogen-bond acceptors (Lipinski definition) is 6. The Hall–Kier alpha value is -3.24. The van der Waals surface area contributed by atoms with E-state index in [2.05, 4.69) is 5.32 Å². The molecule has 0 aliphatic heterocycles. The van der Waals surface area contributed by atoms with Crippen molar-refractivity contribution >= 4 is 21.6 Å². The third-order valence-electron chi connectivity index (χ3n) is 7.55. The van der Waals surface area contributed by atoms with Gasteiger partial charge in [-0.05, 0) is 67.5 Å². The fraction of sp³-hybridized carbons (Fsp3) is 0.424. The maximum Gasteiger partial charge on any atom is 0.243 e. The Kier molecular flexibility index (Phi) is 12.5. The van der Waals surface area contributed by atoms with Crippen molar-refractivity contribution in [3.8, 4) is 0 Å². The van der Waals surface area contributed by atoms with Crippen molar-refractivity contribution in [2.45, 2.75) is 75.5 Å². The van der Waals surface area contributed by atoms with Crippen LogP contribution in [0.5, 0.6) is 0 Å². The Bertz CT molecular complexity index is 1290. The van der Waals surface area contributed by atoms with Gasteiger partial charge in [0.1, 0.15) is 0 Å². The maximum atomic E-state index is 13.7. The van der Waals surface area contributed by atoms with E-state index in [-0.39, 0.29) is 16.7 Å². The van der Waals surface area contributed by atoms with Crippen molar-refractivity contribution in [1.82, 2.24) is 9.62 Å². The van der Waals surface area contributed by atoms with Crippen LogP contribution in [0, 0.1) is 5.92 Å². The van der Waals surface area contributed by atoms with Gasteiger partial charge in [0.2, 0.25) is 15.9 Å². The number of nitrogens with one attached hydrogen (secondary N) is 1. The van der Waals surface area contributed by atoms with E-state index in [9.17, 15) is 18.3 Å². The molecule has 0 saturated carbocycles. The summed E-state index contributed by atoms with van der Waals surface area (Å²) in [6, 6.07) is 24.3. The van der Waals surface area contributed by atoms with Crippen LogP contribution in [0.2, 0.25) is 0 Å². The highest BCUT2D eigenvalue weighted by molar-refractivity contribution is 7.89. The van der Waals surface area contributed by atoms with Gasteiger partial charge in [-0.2, -0.15) is 4.31 Å². The smallest absolute Gasteiger partial charge is 0.243 e.